The van der Waals surface area contributed by atoms with Crippen molar-refractivity contribution < 1.29 is 4.74 Å². The van der Waals surface area contributed by atoms with Gasteiger partial charge in [0.2, 0.25) is 0 Å². The summed E-state index contributed by atoms with van der Waals surface area (Å²) in [4.78, 5) is 7.23. The lowest BCUT2D eigenvalue weighted by Crippen LogP contribution is -2.37. The zero-order valence-electron chi connectivity index (χ0n) is 21.4. The molecule has 4 nitrogen and oxygen atoms in total. The van der Waals surface area contributed by atoms with Gasteiger partial charge in [-0.15, -0.1) is 0 Å². The van der Waals surface area contributed by atoms with Crippen LogP contribution in [-0.4, -0.2) is 24.2 Å². The molecule has 1 saturated heterocycles. The van der Waals surface area contributed by atoms with E-state index in [1.54, 1.807) is 0 Å². The quantitative estimate of drug-likeness (QED) is 0.305. The fourth-order valence-electron chi connectivity index (χ4n) is 4.89. The molecule has 1 aliphatic rings. The van der Waals surface area contributed by atoms with Crippen LogP contribution in [-0.2, 0) is 16.8 Å². The van der Waals surface area contributed by atoms with E-state index in [0.29, 0.717) is 12.2 Å². The molecule has 4 heteroatoms. The highest BCUT2D eigenvalue weighted by Crippen LogP contribution is 2.37. The Morgan fingerprint density at radius 3 is 2.42 bits per heavy atom. The predicted molar refractivity (Wildman–Crippen MR) is 147 cm³/mol. The van der Waals surface area contributed by atoms with Gasteiger partial charge in [0.1, 0.15) is 0 Å². The molecule has 36 heavy (non-hydrogen) atoms. The van der Waals surface area contributed by atoms with Gasteiger partial charge in [0.05, 0.1) is 35.6 Å². The van der Waals surface area contributed by atoms with Crippen LogP contribution in [0, 0.1) is 11.3 Å². The normalized spacial score (nSPS) is 14.7. The molecular weight excluding hydrogens is 442 g/mol. The molecule has 0 atom stereocenters. The smallest absolute Gasteiger partial charge is 0.0991 e. The maximum Gasteiger partial charge on any atom is 0.0991 e. The number of nitriles is 1. The Kier molecular flexibility index (Phi) is 6.76. The highest BCUT2D eigenvalue weighted by atomic mass is 16.5. The molecule has 1 fully saturated rings. The molecule has 3 aromatic carbocycles. The number of anilines is 1. The molecule has 0 bridgehead atoms. The molecule has 4 aromatic rings. The van der Waals surface area contributed by atoms with Crippen molar-refractivity contribution in [3.05, 3.63) is 95.7 Å². The Hall–Kier alpha value is -3.68. The highest BCUT2D eigenvalue weighted by molar-refractivity contribution is 5.80. The minimum absolute atomic E-state index is 0.0670. The zero-order chi connectivity index (χ0) is 25.1. The van der Waals surface area contributed by atoms with E-state index in [2.05, 4.69) is 80.3 Å². The van der Waals surface area contributed by atoms with Gasteiger partial charge in [-0.3, -0.25) is 4.98 Å². The van der Waals surface area contributed by atoms with Crippen LogP contribution < -0.4 is 4.90 Å². The number of aromatic nitrogens is 1. The van der Waals surface area contributed by atoms with Gasteiger partial charge in [-0.05, 0) is 65.8 Å². The first kappa shape index (κ1) is 24.0. The van der Waals surface area contributed by atoms with Crippen LogP contribution in [0.4, 0.5) is 5.69 Å². The van der Waals surface area contributed by atoms with Crippen molar-refractivity contribution in [2.75, 3.05) is 18.0 Å². The van der Waals surface area contributed by atoms with Crippen LogP contribution in [0.2, 0.25) is 0 Å². The summed E-state index contributed by atoms with van der Waals surface area (Å²) in [7, 11) is 0. The van der Waals surface area contributed by atoms with E-state index in [9.17, 15) is 5.26 Å². The molecule has 0 radical (unpaired) electrons. The molecule has 5 rings (SSSR count). The van der Waals surface area contributed by atoms with E-state index in [1.165, 1.54) is 16.8 Å². The number of benzene rings is 3. The van der Waals surface area contributed by atoms with E-state index in [0.717, 1.165) is 48.1 Å². The molecule has 0 spiro atoms. The van der Waals surface area contributed by atoms with Crippen molar-refractivity contribution in [3.63, 3.8) is 0 Å². The average Bonchev–Trinajstić information content (AvgIpc) is 2.91. The van der Waals surface area contributed by atoms with Crippen molar-refractivity contribution in [1.29, 1.82) is 5.26 Å². The van der Waals surface area contributed by atoms with Crippen molar-refractivity contribution >= 4 is 16.6 Å². The molecule has 2 heterocycles. The lowest BCUT2D eigenvalue weighted by molar-refractivity contribution is 0.0236. The Balaban J connectivity index is 1.29. The standard InChI is InChI=1S/C32H33N3O/c1-32(2,3)26-13-15-31(29(20-26)24-10-8-23(21-33)9-11-24)35-18-16-28(17-19-35)36-22-27-14-12-25-6-4-5-7-30(25)34-27/h4-15,20,28H,16-19,22H2,1-3H3. The predicted octanol–water partition coefficient (Wildman–Crippen LogP) is 7.26. The van der Waals surface area contributed by atoms with E-state index >= 15 is 0 Å². The van der Waals surface area contributed by atoms with Crippen LogP contribution in [0.15, 0.2) is 78.9 Å². The monoisotopic (exact) mass is 475 g/mol. The van der Waals surface area contributed by atoms with E-state index < -0.39 is 0 Å². The average molecular weight is 476 g/mol. The van der Waals surface area contributed by atoms with Gasteiger partial charge in [0.15, 0.2) is 0 Å². The molecule has 0 aliphatic carbocycles. The number of hydrogen-bond donors (Lipinski definition) is 0. The number of nitrogens with zero attached hydrogens (tertiary/aromatic N) is 3. The van der Waals surface area contributed by atoms with E-state index in [-0.39, 0.29) is 11.5 Å². The summed E-state index contributed by atoms with van der Waals surface area (Å²) in [5.41, 5.74) is 7.69. The van der Waals surface area contributed by atoms with Crippen LogP contribution in [0.1, 0.15) is 50.4 Å². The van der Waals surface area contributed by atoms with Gasteiger partial charge in [0, 0.05) is 29.7 Å². The van der Waals surface area contributed by atoms with Gasteiger partial charge < -0.3 is 9.64 Å². The topological polar surface area (TPSA) is 49.1 Å². The maximum atomic E-state index is 9.22. The third-order valence-corrected chi connectivity index (χ3v) is 7.09. The molecule has 1 aromatic heterocycles. The van der Waals surface area contributed by atoms with Crippen molar-refractivity contribution in [2.45, 2.75) is 51.7 Å². The molecule has 0 amide bonds. The fraction of sp³-hybridized carbons (Fsp3) is 0.312. The first-order valence-corrected chi connectivity index (χ1v) is 12.8. The largest absolute Gasteiger partial charge is 0.372 e. The second-order valence-corrected chi connectivity index (χ2v) is 10.7. The highest BCUT2D eigenvalue weighted by Gasteiger charge is 2.24. The van der Waals surface area contributed by atoms with Crippen LogP contribution in [0.25, 0.3) is 22.0 Å². The Morgan fingerprint density at radius 1 is 0.944 bits per heavy atom. The van der Waals surface area contributed by atoms with Crippen LogP contribution in [0.3, 0.4) is 0 Å². The Bertz CT molecular complexity index is 1390. The number of hydrogen-bond acceptors (Lipinski definition) is 4. The second-order valence-electron chi connectivity index (χ2n) is 10.7. The summed E-state index contributed by atoms with van der Waals surface area (Å²) < 4.78 is 6.29. The van der Waals surface area contributed by atoms with E-state index in [1.807, 2.05) is 30.3 Å². The first-order chi connectivity index (χ1) is 17.4. The summed E-state index contributed by atoms with van der Waals surface area (Å²) in [5, 5.41) is 10.4. The lowest BCUT2D eigenvalue weighted by atomic mass is 9.84. The summed E-state index contributed by atoms with van der Waals surface area (Å²) in [6, 6.07) is 29.4. The van der Waals surface area contributed by atoms with Gasteiger partial charge in [-0.1, -0.05) is 63.2 Å². The lowest BCUT2D eigenvalue weighted by Gasteiger charge is -2.35. The number of fused-ring (bicyclic) bond motifs is 1. The minimum Gasteiger partial charge on any atom is -0.372 e. The first-order valence-electron chi connectivity index (χ1n) is 12.8. The zero-order valence-corrected chi connectivity index (χ0v) is 21.4. The molecule has 0 unspecified atom stereocenters. The second kappa shape index (κ2) is 10.1. The minimum atomic E-state index is 0.0670. The number of ether oxygens (including phenoxy) is 1. The van der Waals surface area contributed by atoms with Gasteiger partial charge in [-0.25, -0.2) is 0 Å². The van der Waals surface area contributed by atoms with Gasteiger partial charge in [0.25, 0.3) is 0 Å². The summed E-state index contributed by atoms with van der Waals surface area (Å²) in [6.07, 6.45) is 2.21. The SMILES string of the molecule is CC(C)(C)c1ccc(N2CCC(OCc3ccc4ccccc4n3)CC2)c(-c2ccc(C#N)cc2)c1. The number of para-hydroxylation sites is 1. The van der Waals surface area contributed by atoms with Gasteiger partial charge >= 0.3 is 0 Å². The van der Waals surface area contributed by atoms with Crippen LogP contribution in [0.5, 0.6) is 0 Å². The molecular formula is C32H33N3O. The summed E-state index contributed by atoms with van der Waals surface area (Å²) >= 11 is 0. The van der Waals surface area contributed by atoms with Crippen LogP contribution >= 0.6 is 0 Å². The third kappa shape index (κ3) is 5.27. The molecule has 0 N–H and O–H groups in total. The Morgan fingerprint density at radius 2 is 1.69 bits per heavy atom. The third-order valence-electron chi connectivity index (χ3n) is 7.09. The molecule has 1 aliphatic heterocycles. The summed E-state index contributed by atoms with van der Waals surface area (Å²) in [6.45, 7) is 9.20. The van der Waals surface area contributed by atoms with E-state index in [4.69, 9.17) is 9.72 Å². The fourth-order valence-corrected chi connectivity index (χ4v) is 4.89. The van der Waals surface area contributed by atoms with Gasteiger partial charge in [-0.2, -0.15) is 5.26 Å². The number of pyridine rings is 1. The van der Waals surface area contributed by atoms with Crippen molar-refractivity contribution in [3.8, 4) is 17.2 Å². The maximum absolute atomic E-state index is 9.22. The molecule has 182 valence electrons. The van der Waals surface area contributed by atoms with Crippen molar-refractivity contribution in [1.82, 2.24) is 4.98 Å². The summed E-state index contributed by atoms with van der Waals surface area (Å²) in [5.74, 6) is 0. The number of piperidine rings is 1. The van der Waals surface area contributed by atoms with Crippen molar-refractivity contribution in [2.24, 2.45) is 0 Å². The molecule has 0 saturated carbocycles. The number of rotatable bonds is 5. The Labute approximate surface area is 214 Å².